The maximum absolute atomic E-state index is 6.34. The van der Waals surface area contributed by atoms with Crippen LogP contribution in [0.5, 0.6) is 5.75 Å². The van der Waals surface area contributed by atoms with Crippen molar-refractivity contribution in [3.63, 3.8) is 0 Å². The molecule has 6 heteroatoms. The monoisotopic (exact) mass is 456 g/mol. The molecule has 0 radical (unpaired) electrons. The van der Waals surface area contributed by atoms with Gasteiger partial charge in [-0.15, -0.1) is 0 Å². The molecule has 1 unspecified atom stereocenters. The maximum atomic E-state index is 6.34. The summed E-state index contributed by atoms with van der Waals surface area (Å²) in [5, 5.41) is 0.817. The molecule has 0 amide bonds. The Labute approximate surface area is 193 Å². The number of para-hydroxylation sites is 1. The first-order valence-electron chi connectivity index (χ1n) is 10.4. The number of hydrogen-bond acceptors (Lipinski definition) is 4. The lowest BCUT2D eigenvalue weighted by atomic mass is 10.2. The summed E-state index contributed by atoms with van der Waals surface area (Å²) < 4.78 is 11.2. The highest BCUT2D eigenvalue weighted by Crippen LogP contribution is 2.26. The van der Waals surface area contributed by atoms with Gasteiger partial charge in [0.1, 0.15) is 5.75 Å². The lowest BCUT2D eigenvalue weighted by Gasteiger charge is -2.36. The molecule has 1 aliphatic heterocycles. The van der Waals surface area contributed by atoms with E-state index in [4.69, 9.17) is 32.7 Å². The van der Waals surface area contributed by atoms with E-state index >= 15 is 0 Å². The molecule has 4 nitrogen and oxygen atoms in total. The summed E-state index contributed by atoms with van der Waals surface area (Å²) in [6, 6.07) is 26.0. The van der Waals surface area contributed by atoms with Gasteiger partial charge in [0.25, 0.3) is 5.75 Å². The van der Waals surface area contributed by atoms with Crippen molar-refractivity contribution >= 4 is 28.9 Å². The Bertz CT molecular complexity index is 945. The lowest BCUT2D eigenvalue weighted by molar-refractivity contribution is -0.0306. The second-order valence-corrected chi connectivity index (χ2v) is 8.31. The van der Waals surface area contributed by atoms with Crippen molar-refractivity contribution in [1.29, 1.82) is 0 Å². The number of nitrogens with zero attached hydrogens (tertiary/aromatic N) is 2. The number of alkyl halides is 1. The highest BCUT2D eigenvalue weighted by atomic mass is 35.5. The van der Waals surface area contributed by atoms with Crippen molar-refractivity contribution < 1.29 is 9.47 Å². The van der Waals surface area contributed by atoms with Crippen molar-refractivity contribution in [2.75, 3.05) is 31.1 Å². The van der Waals surface area contributed by atoms with Gasteiger partial charge in [0.15, 0.2) is 0 Å². The Kier molecular flexibility index (Phi) is 7.71. The number of ether oxygens (including phenoxy) is 2. The zero-order valence-electron chi connectivity index (χ0n) is 17.3. The van der Waals surface area contributed by atoms with E-state index in [0.29, 0.717) is 12.4 Å². The van der Waals surface area contributed by atoms with Crippen LogP contribution in [0, 0.1) is 0 Å². The largest absolute Gasteiger partial charge is 0.451 e. The molecule has 1 saturated heterocycles. The normalized spacial score (nSPS) is 15.6. The summed E-state index contributed by atoms with van der Waals surface area (Å²) in [5.41, 5.74) is 3.42. The van der Waals surface area contributed by atoms with Gasteiger partial charge in [-0.25, -0.2) is 0 Å². The van der Waals surface area contributed by atoms with Crippen LogP contribution in [0.4, 0.5) is 5.69 Å². The molecule has 0 aromatic heterocycles. The fourth-order valence-corrected chi connectivity index (χ4v) is 4.08. The Morgan fingerprint density at radius 3 is 2.16 bits per heavy atom. The number of rotatable bonds is 8. The van der Waals surface area contributed by atoms with E-state index in [1.165, 1.54) is 5.56 Å². The van der Waals surface area contributed by atoms with E-state index in [9.17, 15) is 0 Å². The fraction of sp³-hybridized carbons (Fsp3) is 0.280. The van der Waals surface area contributed by atoms with E-state index in [2.05, 4.69) is 28.0 Å². The Balaban J connectivity index is 1.22. The molecule has 1 aliphatic rings. The van der Waals surface area contributed by atoms with Crippen LogP contribution in [0.15, 0.2) is 78.9 Å². The van der Waals surface area contributed by atoms with Crippen LogP contribution in [0.3, 0.4) is 0 Å². The third-order valence-electron chi connectivity index (χ3n) is 5.35. The van der Waals surface area contributed by atoms with E-state index in [1.54, 1.807) is 0 Å². The van der Waals surface area contributed by atoms with Gasteiger partial charge >= 0.3 is 0 Å². The molecule has 1 heterocycles. The van der Waals surface area contributed by atoms with Gasteiger partial charge < -0.3 is 14.4 Å². The third kappa shape index (κ3) is 6.37. The minimum absolute atomic E-state index is 0.410. The molecule has 0 N–H and O–H groups in total. The van der Waals surface area contributed by atoms with Crippen LogP contribution in [0.25, 0.3) is 0 Å². The molecule has 0 aliphatic carbocycles. The van der Waals surface area contributed by atoms with Crippen LogP contribution >= 0.6 is 23.2 Å². The average molecular weight is 457 g/mol. The number of piperazine rings is 1. The summed E-state index contributed by atoms with van der Waals surface area (Å²) in [6.45, 7) is 5.26. The van der Waals surface area contributed by atoms with Crippen LogP contribution in [-0.2, 0) is 17.9 Å². The van der Waals surface area contributed by atoms with E-state index in [1.807, 2.05) is 60.7 Å². The Morgan fingerprint density at radius 1 is 0.774 bits per heavy atom. The molecule has 0 bridgehead atoms. The topological polar surface area (TPSA) is 24.9 Å². The molecule has 0 spiro atoms. The van der Waals surface area contributed by atoms with Crippen molar-refractivity contribution in [3.8, 4) is 5.75 Å². The summed E-state index contributed by atoms with van der Waals surface area (Å²) >= 11 is 12.5. The van der Waals surface area contributed by atoms with Gasteiger partial charge in [0, 0.05) is 32.7 Å². The Hall–Kier alpha value is -2.24. The Morgan fingerprint density at radius 2 is 1.45 bits per heavy atom. The molecular weight excluding hydrogens is 431 g/mol. The zero-order valence-corrected chi connectivity index (χ0v) is 18.8. The van der Waals surface area contributed by atoms with Crippen molar-refractivity contribution in [2.24, 2.45) is 0 Å². The standard InChI is InChI=1S/C25H26Cl2N2O2/c26-23-8-4-5-9-24(23)29-16-14-28(15-17-29)18-20-10-12-22(13-11-20)31-25(27)30-19-21-6-2-1-3-7-21/h1-13,25H,14-19H2. The van der Waals surface area contributed by atoms with Gasteiger partial charge in [-0.1, -0.05) is 66.2 Å². The van der Waals surface area contributed by atoms with Gasteiger partial charge in [-0.3, -0.25) is 4.90 Å². The second-order valence-electron chi connectivity index (χ2n) is 7.55. The summed E-state index contributed by atoms with van der Waals surface area (Å²) in [4.78, 5) is 4.81. The highest BCUT2D eigenvalue weighted by Gasteiger charge is 2.18. The van der Waals surface area contributed by atoms with Gasteiger partial charge in [0.05, 0.1) is 17.3 Å². The first-order valence-corrected chi connectivity index (χ1v) is 11.3. The first-order chi connectivity index (χ1) is 15.2. The van der Waals surface area contributed by atoms with Crippen molar-refractivity contribution in [2.45, 2.75) is 18.9 Å². The number of benzene rings is 3. The van der Waals surface area contributed by atoms with Crippen LogP contribution in [-0.4, -0.2) is 36.8 Å². The second kappa shape index (κ2) is 10.9. The predicted molar refractivity (Wildman–Crippen MR) is 127 cm³/mol. The molecule has 3 aromatic carbocycles. The fourth-order valence-electron chi connectivity index (χ4n) is 3.66. The number of hydrogen-bond donors (Lipinski definition) is 0. The average Bonchev–Trinajstić information content (AvgIpc) is 2.81. The molecule has 31 heavy (non-hydrogen) atoms. The van der Waals surface area contributed by atoms with Crippen LogP contribution in [0.1, 0.15) is 11.1 Å². The molecular formula is C25H26Cl2N2O2. The van der Waals surface area contributed by atoms with Crippen molar-refractivity contribution in [3.05, 3.63) is 95.0 Å². The summed E-state index contributed by atoms with van der Waals surface area (Å²) in [7, 11) is 0. The predicted octanol–water partition coefficient (Wildman–Crippen LogP) is 5.78. The van der Waals surface area contributed by atoms with Gasteiger partial charge in [0.2, 0.25) is 0 Å². The zero-order chi connectivity index (χ0) is 21.5. The van der Waals surface area contributed by atoms with Gasteiger partial charge in [-0.2, -0.15) is 0 Å². The number of anilines is 1. The smallest absolute Gasteiger partial charge is 0.280 e. The molecule has 0 saturated carbocycles. The SMILES string of the molecule is Clc1ccccc1N1CCN(Cc2ccc(OC(Cl)OCc3ccccc3)cc2)CC1. The van der Waals surface area contributed by atoms with E-state index in [-0.39, 0.29) is 0 Å². The molecule has 162 valence electrons. The van der Waals surface area contributed by atoms with E-state index in [0.717, 1.165) is 49.0 Å². The molecule has 3 aromatic rings. The van der Waals surface area contributed by atoms with Gasteiger partial charge in [-0.05, 0) is 47.0 Å². The van der Waals surface area contributed by atoms with Crippen molar-refractivity contribution in [1.82, 2.24) is 4.90 Å². The van der Waals surface area contributed by atoms with Crippen LogP contribution in [0.2, 0.25) is 5.02 Å². The minimum atomic E-state index is -0.830. The quantitative estimate of drug-likeness (QED) is 0.316. The summed E-state index contributed by atoms with van der Waals surface area (Å²) in [5.74, 6) is -0.135. The highest BCUT2D eigenvalue weighted by molar-refractivity contribution is 6.33. The summed E-state index contributed by atoms with van der Waals surface area (Å²) in [6.07, 6.45) is 0. The molecule has 1 fully saturated rings. The maximum Gasteiger partial charge on any atom is 0.280 e. The molecule has 4 rings (SSSR count). The minimum Gasteiger partial charge on any atom is -0.451 e. The molecule has 1 atom stereocenters. The van der Waals surface area contributed by atoms with E-state index < -0.39 is 5.75 Å². The first kappa shape index (κ1) is 22.0. The third-order valence-corrected chi connectivity index (χ3v) is 5.88. The lowest BCUT2D eigenvalue weighted by Crippen LogP contribution is -2.46. The van der Waals surface area contributed by atoms with Crippen LogP contribution < -0.4 is 9.64 Å². The number of halogens is 2.